The number of anilines is 2. The molecule has 0 amide bonds. The van der Waals surface area contributed by atoms with E-state index >= 15 is 0 Å². The van der Waals surface area contributed by atoms with E-state index in [-0.39, 0.29) is 0 Å². The maximum Gasteiger partial charge on any atom is 0.0421 e. The lowest BCUT2D eigenvalue weighted by Crippen LogP contribution is -2.56. The van der Waals surface area contributed by atoms with Crippen LogP contribution in [0, 0.1) is 0 Å². The number of hydrogen-bond acceptors (Lipinski definition) is 3. The summed E-state index contributed by atoms with van der Waals surface area (Å²) in [5.74, 6) is 0. The van der Waals surface area contributed by atoms with Gasteiger partial charge in [0.2, 0.25) is 0 Å². The van der Waals surface area contributed by atoms with E-state index in [0.717, 1.165) is 12.2 Å². The van der Waals surface area contributed by atoms with E-state index < -0.39 is 0 Å². The lowest BCUT2D eigenvalue weighted by molar-refractivity contribution is 0.170. The molecule has 17 heavy (non-hydrogen) atoms. The first kappa shape index (κ1) is 10.9. The zero-order valence-electron chi connectivity index (χ0n) is 10.5. The Morgan fingerprint density at radius 3 is 3.06 bits per heavy atom. The molecular formula is C14H21N3. The van der Waals surface area contributed by atoms with Crippen molar-refractivity contribution >= 4 is 11.4 Å². The topological polar surface area (TPSA) is 32.5 Å². The molecule has 0 aromatic heterocycles. The average molecular weight is 231 g/mol. The molecule has 2 heterocycles. The molecule has 1 atom stereocenters. The summed E-state index contributed by atoms with van der Waals surface area (Å²) < 4.78 is 0. The van der Waals surface area contributed by atoms with Gasteiger partial charge in [-0.05, 0) is 37.1 Å². The quantitative estimate of drug-likeness (QED) is 0.787. The largest absolute Gasteiger partial charge is 0.399 e. The Morgan fingerprint density at radius 2 is 2.24 bits per heavy atom. The lowest BCUT2D eigenvalue weighted by Gasteiger charge is -2.46. The highest BCUT2D eigenvalue weighted by atomic mass is 15.3. The van der Waals surface area contributed by atoms with Crippen LogP contribution in [0.3, 0.4) is 0 Å². The van der Waals surface area contributed by atoms with Crippen LogP contribution in [0.4, 0.5) is 11.4 Å². The Morgan fingerprint density at radius 1 is 1.35 bits per heavy atom. The van der Waals surface area contributed by atoms with Crippen molar-refractivity contribution in [2.75, 3.05) is 36.8 Å². The second-order valence-electron chi connectivity index (χ2n) is 5.23. The second kappa shape index (κ2) is 4.22. The number of nitrogens with zero attached hydrogens (tertiary/aromatic N) is 2. The van der Waals surface area contributed by atoms with Crippen molar-refractivity contribution < 1.29 is 0 Å². The van der Waals surface area contributed by atoms with Crippen molar-refractivity contribution in [1.82, 2.24) is 4.90 Å². The molecule has 1 saturated heterocycles. The highest BCUT2D eigenvalue weighted by Crippen LogP contribution is 2.32. The summed E-state index contributed by atoms with van der Waals surface area (Å²) in [5, 5.41) is 0. The van der Waals surface area contributed by atoms with Crippen LogP contribution >= 0.6 is 0 Å². The van der Waals surface area contributed by atoms with E-state index in [1.54, 1.807) is 0 Å². The summed E-state index contributed by atoms with van der Waals surface area (Å²) in [7, 11) is 0. The Hall–Kier alpha value is -1.22. The number of nitrogen functional groups attached to an aromatic ring is 1. The summed E-state index contributed by atoms with van der Waals surface area (Å²) >= 11 is 0. The Labute approximate surface area is 103 Å². The standard InChI is InChI=1S/C14H21N3/c1-2-5-16-6-7-17-10-13(16)8-11-3-4-12(15)9-14(11)17/h3-4,9,13H,2,5-8,10,15H2,1H3. The Balaban J connectivity index is 1.88. The van der Waals surface area contributed by atoms with Crippen LogP contribution in [-0.4, -0.2) is 37.1 Å². The first-order valence-corrected chi connectivity index (χ1v) is 6.65. The van der Waals surface area contributed by atoms with Crippen molar-refractivity contribution in [3.63, 3.8) is 0 Å². The third-order valence-electron chi connectivity index (χ3n) is 4.02. The van der Waals surface area contributed by atoms with Crippen LogP contribution < -0.4 is 10.6 Å². The van der Waals surface area contributed by atoms with Gasteiger partial charge in [0.25, 0.3) is 0 Å². The fourth-order valence-corrected chi connectivity index (χ4v) is 3.19. The molecule has 0 aliphatic carbocycles. The molecule has 3 nitrogen and oxygen atoms in total. The molecule has 0 spiro atoms. The highest BCUT2D eigenvalue weighted by Gasteiger charge is 2.32. The maximum atomic E-state index is 5.89. The van der Waals surface area contributed by atoms with Crippen LogP contribution in [0.25, 0.3) is 0 Å². The van der Waals surface area contributed by atoms with E-state index in [2.05, 4.69) is 28.9 Å². The second-order valence-corrected chi connectivity index (χ2v) is 5.23. The molecule has 3 rings (SSSR count). The fraction of sp³-hybridized carbons (Fsp3) is 0.571. The lowest BCUT2D eigenvalue weighted by atomic mass is 9.94. The van der Waals surface area contributed by atoms with Gasteiger partial charge in [-0.25, -0.2) is 0 Å². The average Bonchev–Trinajstić information content (AvgIpc) is 2.34. The minimum Gasteiger partial charge on any atom is -0.399 e. The van der Waals surface area contributed by atoms with Crippen LogP contribution in [0.2, 0.25) is 0 Å². The first-order valence-electron chi connectivity index (χ1n) is 6.65. The predicted octanol–water partition coefficient (Wildman–Crippen LogP) is 1.73. The number of fused-ring (bicyclic) bond motifs is 4. The molecule has 2 aliphatic rings. The molecule has 92 valence electrons. The molecule has 3 heteroatoms. The van der Waals surface area contributed by atoms with Gasteiger partial charge < -0.3 is 10.6 Å². The normalized spacial score (nSPS) is 23.6. The van der Waals surface area contributed by atoms with E-state index in [9.17, 15) is 0 Å². The van der Waals surface area contributed by atoms with Crippen molar-refractivity contribution in [1.29, 1.82) is 0 Å². The van der Waals surface area contributed by atoms with Crippen LogP contribution in [0.1, 0.15) is 18.9 Å². The molecule has 0 radical (unpaired) electrons. The van der Waals surface area contributed by atoms with Crippen molar-refractivity contribution in [3.8, 4) is 0 Å². The fourth-order valence-electron chi connectivity index (χ4n) is 3.19. The Kier molecular flexibility index (Phi) is 2.71. The summed E-state index contributed by atoms with van der Waals surface area (Å²) in [6, 6.07) is 7.09. The molecule has 2 bridgehead atoms. The van der Waals surface area contributed by atoms with Gasteiger partial charge >= 0.3 is 0 Å². The summed E-state index contributed by atoms with van der Waals surface area (Å²) in [5.41, 5.74) is 9.62. The molecule has 1 aromatic rings. The third kappa shape index (κ3) is 1.89. The zero-order chi connectivity index (χ0) is 11.8. The van der Waals surface area contributed by atoms with Gasteiger partial charge in [-0.3, -0.25) is 4.90 Å². The van der Waals surface area contributed by atoms with E-state index in [1.807, 2.05) is 6.07 Å². The molecule has 0 saturated carbocycles. The molecular weight excluding hydrogens is 210 g/mol. The summed E-state index contributed by atoms with van der Waals surface area (Å²) in [4.78, 5) is 5.15. The van der Waals surface area contributed by atoms with Gasteiger partial charge in [0.05, 0.1) is 0 Å². The van der Waals surface area contributed by atoms with Crippen molar-refractivity contribution in [3.05, 3.63) is 23.8 Å². The monoisotopic (exact) mass is 231 g/mol. The molecule has 2 aliphatic heterocycles. The predicted molar refractivity (Wildman–Crippen MR) is 72.4 cm³/mol. The van der Waals surface area contributed by atoms with Gasteiger partial charge in [0, 0.05) is 37.1 Å². The number of nitrogens with two attached hydrogens (primary N) is 1. The van der Waals surface area contributed by atoms with E-state index in [4.69, 9.17) is 5.73 Å². The van der Waals surface area contributed by atoms with Crippen molar-refractivity contribution in [2.24, 2.45) is 0 Å². The maximum absolute atomic E-state index is 5.89. The first-order chi connectivity index (χ1) is 8.28. The SMILES string of the molecule is CCCN1CCN2CC1Cc1ccc(N)cc12. The number of piperazine rings is 1. The number of hydrogen-bond donors (Lipinski definition) is 1. The van der Waals surface area contributed by atoms with Crippen molar-refractivity contribution in [2.45, 2.75) is 25.8 Å². The zero-order valence-corrected chi connectivity index (χ0v) is 10.5. The van der Waals surface area contributed by atoms with Gasteiger partial charge in [-0.1, -0.05) is 13.0 Å². The van der Waals surface area contributed by atoms with E-state index in [1.165, 1.54) is 43.7 Å². The van der Waals surface area contributed by atoms with Crippen LogP contribution in [0.15, 0.2) is 18.2 Å². The van der Waals surface area contributed by atoms with Crippen LogP contribution in [0.5, 0.6) is 0 Å². The molecule has 1 aromatic carbocycles. The third-order valence-corrected chi connectivity index (χ3v) is 4.02. The Bertz CT molecular complexity index is 416. The van der Waals surface area contributed by atoms with Crippen LogP contribution in [-0.2, 0) is 6.42 Å². The highest BCUT2D eigenvalue weighted by molar-refractivity contribution is 5.63. The summed E-state index contributed by atoms with van der Waals surface area (Å²) in [6.07, 6.45) is 2.44. The van der Waals surface area contributed by atoms with Gasteiger partial charge in [-0.15, -0.1) is 0 Å². The summed E-state index contributed by atoms with van der Waals surface area (Å²) in [6.45, 7) is 7.03. The van der Waals surface area contributed by atoms with Gasteiger partial charge in [0.1, 0.15) is 0 Å². The van der Waals surface area contributed by atoms with E-state index in [0.29, 0.717) is 6.04 Å². The van der Waals surface area contributed by atoms with Gasteiger partial charge in [-0.2, -0.15) is 0 Å². The molecule has 1 fully saturated rings. The number of rotatable bonds is 2. The molecule has 1 unspecified atom stereocenters. The smallest absolute Gasteiger partial charge is 0.0421 e. The minimum atomic E-state index is 0.708. The number of benzene rings is 1. The minimum absolute atomic E-state index is 0.708. The molecule has 2 N–H and O–H groups in total. The van der Waals surface area contributed by atoms with Gasteiger partial charge in [0.15, 0.2) is 0 Å².